The van der Waals surface area contributed by atoms with Crippen molar-refractivity contribution in [3.05, 3.63) is 45.3 Å². The predicted molar refractivity (Wildman–Crippen MR) is 137 cm³/mol. The van der Waals surface area contributed by atoms with Crippen molar-refractivity contribution < 1.29 is 13.9 Å². The van der Waals surface area contributed by atoms with Crippen LogP contribution in [0.4, 0.5) is 15.9 Å². The van der Waals surface area contributed by atoms with E-state index in [9.17, 15) is 4.79 Å². The maximum atomic E-state index is 15.2. The van der Waals surface area contributed by atoms with Gasteiger partial charge in [0.2, 0.25) is 0 Å². The maximum absolute atomic E-state index is 15.2. The smallest absolute Gasteiger partial charge is 0.263 e. The molecule has 0 bridgehead atoms. The third-order valence-corrected chi connectivity index (χ3v) is 8.25. The Morgan fingerprint density at radius 3 is 2.80 bits per heavy atom. The molecule has 2 aliphatic rings. The Balaban J connectivity index is 1.32. The summed E-state index contributed by atoms with van der Waals surface area (Å²) in [6.45, 7) is 5.27. The van der Waals surface area contributed by atoms with E-state index < -0.39 is 0 Å². The third kappa shape index (κ3) is 4.34. The summed E-state index contributed by atoms with van der Waals surface area (Å²) in [6.07, 6.45) is 1.73. The number of hydrogen-bond donors (Lipinski definition) is 3. The molecule has 1 fully saturated rings. The zero-order valence-corrected chi connectivity index (χ0v) is 21.3. The zero-order chi connectivity index (χ0) is 24.9. The van der Waals surface area contributed by atoms with Crippen molar-refractivity contribution in [3.63, 3.8) is 0 Å². The Bertz CT molecular complexity index is 1280. The lowest BCUT2D eigenvalue weighted by atomic mass is 9.91. The van der Waals surface area contributed by atoms with E-state index in [2.05, 4.69) is 20.5 Å². The second-order valence-electron chi connectivity index (χ2n) is 9.48. The highest BCUT2D eigenvalue weighted by atomic mass is 32.1. The van der Waals surface area contributed by atoms with Gasteiger partial charge in [0.25, 0.3) is 5.91 Å². The first kappa shape index (κ1) is 23.9. The Labute approximate surface area is 208 Å². The average Bonchev–Trinajstić information content (AvgIpc) is 3.40. The fourth-order valence-corrected chi connectivity index (χ4v) is 6.43. The third-order valence-electron chi connectivity index (χ3n) is 7.15. The first-order chi connectivity index (χ1) is 16.8. The van der Waals surface area contributed by atoms with E-state index in [1.165, 1.54) is 17.4 Å². The largest absolute Gasteiger partial charge is 0.397 e. The Kier molecular flexibility index (Phi) is 6.37. The van der Waals surface area contributed by atoms with Crippen LogP contribution in [0.25, 0.3) is 10.2 Å². The topological polar surface area (TPSA) is 105 Å². The molecule has 0 saturated carbocycles. The van der Waals surface area contributed by atoms with Crippen molar-refractivity contribution in [1.29, 1.82) is 0 Å². The maximum Gasteiger partial charge on any atom is 0.263 e. The van der Waals surface area contributed by atoms with Gasteiger partial charge in [-0.3, -0.25) is 4.79 Å². The van der Waals surface area contributed by atoms with Crippen LogP contribution in [0.2, 0.25) is 0 Å². The molecular formula is C25H31FN6O2S. The van der Waals surface area contributed by atoms with Crippen LogP contribution in [0.15, 0.2) is 12.1 Å². The number of hydrogen-bond acceptors (Lipinski definition) is 8. The second kappa shape index (κ2) is 9.33. The van der Waals surface area contributed by atoms with E-state index in [1.807, 2.05) is 27.0 Å². The van der Waals surface area contributed by atoms with Gasteiger partial charge in [0.05, 0.1) is 17.8 Å². The highest BCUT2D eigenvalue weighted by Crippen LogP contribution is 2.35. The Morgan fingerprint density at radius 2 is 2.09 bits per heavy atom. The van der Waals surface area contributed by atoms with Crippen LogP contribution < -0.4 is 21.3 Å². The number of carbonyl (C=O) groups excluding carboxylic acids is 1. The van der Waals surface area contributed by atoms with Gasteiger partial charge in [-0.15, -0.1) is 11.3 Å². The van der Waals surface area contributed by atoms with Gasteiger partial charge in [-0.05, 0) is 51.8 Å². The number of carbonyl (C=O) groups is 1. The minimum Gasteiger partial charge on any atom is -0.397 e. The van der Waals surface area contributed by atoms with Crippen molar-refractivity contribution in [2.45, 2.75) is 51.3 Å². The molecule has 8 nitrogen and oxygen atoms in total. The van der Waals surface area contributed by atoms with Gasteiger partial charge >= 0.3 is 0 Å². The van der Waals surface area contributed by atoms with Gasteiger partial charge in [-0.1, -0.05) is 0 Å². The molecule has 0 aromatic carbocycles. The SMILES string of the molecule is CNC1CN(c2cc(F)c3c(n2)CCC(NC(=O)c2sc4nc(C)cc(C)c4c2N)C3)CC1OC. The van der Waals surface area contributed by atoms with Gasteiger partial charge in [-0.2, -0.15) is 0 Å². The number of likely N-dealkylation sites (N-methyl/N-ethyl adjacent to an activating group) is 1. The first-order valence-electron chi connectivity index (χ1n) is 11.9. The molecule has 3 atom stereocenters. The molecule has 3 aromatic heterocycles. The molecule has 5 rings (SSSR count). The molecule has 1 aliphatic carbocycles. The van der Waals surface area contributed by atoms with Crippen molar-refractivity contribution in [1.82, 2.24) is 20.6 Å². The number of ether oxygens (including phenoxy) is 1. The molecular weight excluding hydrogens is 467 g/mol. The number of nitrogens with one attached hydrogen (secondary N) is 2. The Hall–Kier alpha value is -2.82. The van der Waals surface area contributed by atoms with Crippen LogP contribution in [0.5, 0.6) is 0 Å². The summed E-state index contributed by atoms with van der Waals surface area (Å²) >= 11 is 1.30. The number of amides is 1. The van der Waals surface area contributed by atoms with Gasteiger partial charge in [0.15, 0.2) is 0 Å². The highest BCUT2D eigenvalue weighted by Gasteiger charge is 2.34. The van der Waals surface area contributed by atoms with Gasteiger partial charge in [0.1, 0.15) is 21.3 Å². The lowest BCUT2D eigenvalue weighted by Crippen LogP contribution is -2.39. The molecule has 3 aromatic rings. The summed E-state index contributed by atoms with van der Waals surface area (Å²) in [6, 6.07) is 3.46. The number of nitrogen functional groups attached to an aromatic ring is 1. The van der Waals surface area contributed by atoms with Crippen LogP contribution in [-0.4, -0.2) is 61.3 Å². The molecule has 186 valence electrons. The fraction of sp³-hybridized carbons (Fsp3) is 0.480. The minimum absolute atomic E-state index is 0.0322. The minimum atomic E-state index is -0.275. The normalized spacial score (nSPS) is 22.0. The van der Waals surface area contributed by atoms with Crippen molar-refractivity contribution in [2.24, 2.45) is 0 Å². The number of anilines is 2. The van der Waals surface area contributed by atoms with Crippen molar-refractivity contribution in [2.75, 3.05) is 37.9 Å². The number of methoxy groups -OCH3 is 1. The molecule has 35 heavy (non-hydrogen) atoms. The summed E-state index contributed by atoms with van der Waals surface area (Å²) in [5, 5.41) is 7.16. The number of thiophene rings is 1. The van der Waals surface area contributed by atoms with E-state index in [-0.39, 0.29) is 29.9 Å². The lowest BCUT2D eigenvalue weighted by molar-refractivity contribution is 0.0938. The van der Waals surface area contributed by atoms with Crippen LogP contribution in [0.3, 0.4) is 0 Å². The summed E-state index contributed by atoms with van der Waals surface area (Å²) < 4.78 is 20.8. The number of pyridine rings is 2. The van der Waals surface area contributed by atoms with E-state index in [1.54, 1.807) is 7.11 Å². The van der Waals surface area contributed by atoms with E-state index in [0.29, 0.717) is 54.3 Å². The van der Waals surface area contributed by atoms with Gasteiger partial charge in [-0.25, -0.2) is 14.4 Å². The van der Waals surface area contributed by atoms with Crippen molar-refractivity contribution in [3.8, 4) is 0 Å². The number of nitrogens with two attached hydrogens (primary N) is 1. The molecule has 10 heteroatoms. The first-order valence-corrected chi connectivity index (χ1v) is 12.7. The number of nitrogens with zero attached hydrogens (tertiary/aromatic N) is 3. The zero-order valence-electron chi connectivity index (χ0n) is 20.4. The number of rotatable bonds is 5. The van der Waals surface area contributed by atoms with Crippen LogP contribution >= 0.6 is 11.3 Å². The highest BCUT2D eigenvalue weighted by molar-refractivity contribution is 7.21. The number of halogens is 1. The average molecular weight is 499 g/mol. The van der Waals surface area contributed by atoms with Crippen LogP contribution in [-0.2, 0) is 17.6 Å². The quantitative estimate of drug-likeness (QED) is 0.497. The number of aryl methyl sites for hydroxylation is 3. The summed E-state index contributed by atoms with van der Waals surface area (Å²) in [7, 11) is 3.60. The molecule has 4 N–H and O–H groups in total. The molecule has 3 unspecified atom stereocenters. The molecule has 0 radical (unpaired) electrons. The second-order valence-corrected chi connectivity index (χ2v) is 10.5. The molecule has 0 spiro atoms. The monoisotopic (exact) mass is 498 g/mol. The molecule has 1 aliphatic heterocycles. The standard InChI is InChI=1S/C25H31FN6O2S/c1-12-7-13(2)29-25-21(12)22(27)23(35-25)24(33)30-14-5-6-17-15(8-14)16(26)9-20(31-17)32-10-18(28-3)19(11-32)34-4/h7,9,14,18-19,28H,5-6,8,10-11,27H2,1-4H3,(H,30,33). The summed E-state index contributed by atoms with van der Waals surface area (Å²) in [5.74, 6) is 0.129. The van der Waals surface area contributed by atoms with Gasteiger partial charge in [0, 0.05) is 54.6 Å². The van der Waals surface area contributed by atoms with E-state index in [4.69, 9.17) is 15.5 Å². The molecule has 1 amide bonds. The summed E-state index contributed by atoms with van der Waals surface area (Å²) in [4.78, 5) is 25.7. The number of fused-ring (bicyclic) bond motifs is 2. The van der Waals surface area contributed by atoms with Crippen LogP contribution in [0, 0.1) is 19.7 Å². The van der Waals surface area contributed by atoms with Crippen molar-refractivity contribution >= 4 is 39.0 Å². The fourth-order valence-electron chi connectivity index (χ4n) is 5.31. The summed E-state index contributed by atoms with van der Waals surface area (Å²) in [5.41, 5.74) is 10.0. The van der Waals surface area contributed by atoms with Crippen LogP contribution in [0.1, 0.15) is 38.6 Å². The molecule has 1 saturated heterocycles. The number of aromatic nitrogens is 2. The Morgan fingerprint density at radius 1 is 1.29 bits per heavy atom. The molecule has 4 heterocycles. The van der Waals surface area contributed by atoms with E-state index >= 15 is 4.39 Å². The predicted octanol–water partition coefficient (Wildman–Crippen LogP) is 2.74. The van der Waals surface area contributed by atoms with Gasteiger partial charge < -0.3 is 26.0 Å². The lowest BCUT2D eigenvalue weighted by Gasteiger charge is -2.27. The van der Waals surface area contributed by atoms with E-state index in [0.717, 1.165) is 27.2 Å².